The van der Waals surface area contributed by atoms with Crippen molar-refractivity contribution in [3.05, 3.63) is 64.5 Å². The van der Waals surface area contributed by atoms with Crippen LogP contribution in [0.2, 0.25) is 0 Å². The number of para-hydroxylation sites is 2. The summed E-state index contributed by atoms with van der Waals surface area (Å²) in [5.74, 6) is 0. The zero-order valence-electron chi connectivity index (χ0n) is 13.6. The fourth-order valence-electron chi connectivity index (χ4n) is 2.89. The molecule has 1 aliphatic heterocycles. The average Bonchev–Trinajstić information content (AvgIpc) is 2.62. The summed E-state index contributed by atoms with van der Waals surface area (Å²) in [6, 6.07) is 19.4. The first-order chi connectivity index (χ1) is 11.4. The van der Waals surface area contributed by atoms with Crippen LogP contribution in [0.1, 0.15) is 30.4 Å². The van der Waals surface area contributed by atoms with Gasteiger partial charge in [0.05, 0.1) is 11.4 Å². The molecule has 2 aromatic carbocycles. The summed E-state index contributed by atoms with van der Waals surface area (Å²) in [4.78, 5) is 11.1. The van der Waals surface area contributed by atoms with Crippen LogP contribution >= 0.6 is 0 Å². The van der Waals surface area contributed by atoms with Crippen molar-refractivity contribution in [1.82, 2.24) is 0 Å². The van der Waals surface area contributed by atoms with E-state index in [1.54, 1.807) is 7.05 Å². The van der Waals surface area contributed by atoms with Crippen molar-refractivity contribution in [2.75, 3.05) is 25.0 Å². The molecule has 3 nitrogen and oxygen atoms in total. The van der Waals surface area contributed by atoms with Gasteiger partial charge in [-0.05, 0) is 49.1 Å². The third kappa shape index (κ3) is 3.98. The molecule has 1 fully saturated rings. The van der Waals surface area contributed by atoms with Crippen LogP contribution < -0.4 is 4.90 Å². The monoisotopic (exact) mass is 304 g/mol. The van der Waals surface area contributed by atoms with Crippen LogP contribution in [0.3, 0.4) is 0 Å². The van der Waals surface area contributed by atoms with Gasteiger partial charge in [0, 0.05) is 19.3 Å². The van der Waals surface area contributed by atoms with Crippen LogP contribution in [0, 0.1) is 6.07 Å². The molecule has 1 saturated heterocycles. The number of anilines is 1. The van der Waals surface area contributed by atoms with Gasteiger partial charge in [-0.2, -0.15) is 0 Å². The topological polar surface area (TPSA) is 20.0 Å². The minimum absolute atomic E-state index is 0.985. The first kappa shape index (κ1) is 15.3. The number of piperidine rings is 1. The molecule has 0 aliphatic carbocycles. The highest BCUT2D eigenvalue weighted by Gasteiger charge is 2.13. The Kier molecular flexibility index (Phi) is 5.06. The Morgan fingerprint density at radius 1 is 1.00 bits per heavy atom. The Morgan fingerprint density at radius 3 is 2.48 bits per heavy atom. The normalized spacial score (nSPS) is 14.6. The SMILES string of the molecule is C[N+]#Cc1ccc(C=Nc2ccccc2N2CCCCC2)cc1. The Labute approximate surface area is 138 Å². The van der Waals surface area contributed by atoms with Crippen molar-refractivity contribution in [3.63, 3.8) is 0 Å². The van der Waals surface area contributed by atoms with Gasteiger partial charge in [0.1, 0.15) is 5.56 Å². The smallest absolute Gasteiger partial charge is 0.310 e. The highest BCUT2D eigenvalue weighted by atomic mass is 15.1. The van der Waals surface area contributed by atoms with Gasteiger partial charge in [0.2, 0.25) is 0 Å². The number of nitrogens with zero attached hydrogens (tertiary/aromatic N) is 3. The third-order valence-electron chi connectivity index (χ3n) is 4.08. The number of hydrogen-bond acceptors (Lipinski definition) is 2. The molecule has 0 unspecified atom stereocenters. The van der Waals surface area contributed by atoms with E-state index in [-0.39, 0.29) is 0 Å². The van der Waals surface area contributed by atoms with Crippen molar-refractivity contribution >= 4 is 17.6 Å². The molecule has 0 spiro atoms. The van der Waals surface area contributed by atoms with Crippen LogP contribution in [0.15, 0.2) is 53.5 Å². The highest BCUT2D eigenvalue weighted by Crippen LogP contribution is 2.30. The molecule has 0 bridgehead atoms. The molecule has 0 N–H and O–H groups in total. The first-order valence-corrected chi connectivity index (χ1v) is 8.20. The van der Waals surface area contributed by atoms with Crippen molar-refractivity contribution < 1.29 is 0 Å². The minimum atomic E-state index is 0.985. The summed E-state index contributed by atoms with van der Waals surface area (Å²) < 4.78 is 0. The summed E-state index contributed by atoms with van der Waals surface area (Å²) in [7, 11) is 1.73. The lowest BCUT2D eigenvalue weighted by Crippen LogP contribution is -2.29. The minimum Gasteiger partial charge on any atom is -0.370 e. The summed E-state index contributed by atoms with van der Waals surface area (Å²) in [6.45, 7) is 2.26. The van der Waals surface area contributed by atoms with E-state index in [2.05, 4.69) is 40.1 Å². The maximum absolute atomic E-state index is 4.72. The first-order valence-electron chi connectivity index (χ1n) is 8.20. The maximum atomic E-state index is 4.72. The van der Waals surface area contributed by atoms with Crippen molar-refractivity contribution in [3.8, 4) is 6.07 Å². The van der Waals surface area contributed by atoms with Gasteiger partial charge >= 0.3 is 6.07 Å². The molecule has 1 aliphatic rings. The maximum Gasteiger partial charge on any atom is 0.310 e. The zero-order valence-corrected chi connectivity index (χ0v) is 13.6. The van der Waals surface area contributed by atoms with E-state index in [9.17, 15) is 0 Å². The van der Waals surface area contributed by atoms with Crippen molar-refractivity contribution in [2.24, 2.45) is 4.99 Å². The predicted octanol–water partition coefficient (Wildman–Crippen LogP) is 4.74. The van der Waals surface area contributed by atoms with E-state index < -0.39 is 0 Å². The lowest BCUT2D eigenvalue weighted by atomic mass is 10.1. The van der Waals surface area contributed by atoms with Crippen LogP contribution in [0.4, 0.5) is 11.4 Å². The summed E-state index contributed by atoms with van der Waals surface area (Å²) in [5.41, 5.74) is 4.35. The number of benzene rings is 2. The molecule has 0 saturated carbocycles. The van der Waals surface area contributed by atoms with Crippen LogP contribution in [0.25, 0.3) is 4.85 Å². The standard InChI is InChI=1S/C20H22N3/c1-21-15-17-9-11-18(12-10-17)16-22-19-7-3-4-8-20(19)23-13-5-2-6-14-23/h3-4,7-12,16H,2,5-6,13-14H2,1H3/q+1. The molecular weight excluding hydrogens is 282 g/mol. The largest absolute Gasteiger partial charge is 0.370 e. The van der Waals surface area contributed by atoms with Crippen LogP contribution in [-0.4, -0.2) is 26.4 Å². The summed E-state index contributed by atoms with van der Waals surface area (Å²) >= 11 is 0. The van der Waals surface area contributed by atoms with E-state index in [1.165, 1.54) is 24.9 Å². The van der Waals surface area contributed by atoms with Gasteiger partial charge in [0.25, 0.3) is 7.05 Å². The van der Waals surface area contributed by atoms with Gasteiger partial charge in [-0.3, -0.25) is 4.99 Å². The second-order valence-electron chi connectivity index (χ2n) is 5.75. The van der Waals surface area contributed by atoms with E-state index in [4.69, 9.17) is 4.99 Å². The van der Waals surface area contributed by atoms with E-state index in [1.807, 2.05) is 30.5 Å². The molecule has 0 atom stereocenters. The van der Waals surface area contributed by atoms with E-state index in [0.717, 1.165) is 29.9 Å². The predicted molar refractivity (Wildman–Crippen MR) is 98.5 cm³/mol. The fourth-order valence-corrected chi connectivity index (χ4v) is 2.89. The molecule has 0 amide bonds. The number of rotatable bonds is 3. The van der Waals surface area contributed by atoms with Gasteiger partial charge in [-0.1, -0.05) is 29.1 Å². The van der Waals surface area contributed by atoms with Crippen LogP contribution in [0.5, 0.6) is 0 Å². The van der Waals surface area contributed by atoms with Crippen molar-refractivity contribution in [2.45, 2.75) is 19.3 Å². The van der Waals surface area contributed by atoms with Crippen LogP contribution in [-0.2, 0) is 0 Å². The van der Waals surface area contributed by atoms with Gasteiger partial charge in [-0.15, -0.1) is 0 Å². The second-order valence-corrected chi connectivity index (χ2v) is 5.75. The molecular formula is C20H22N3+. The molecule has 1 heterocycles. The Bertz CT molecular complexity index is 729. The number of aliphatic imine (C=N–C) groups is 1. The number of hydrogen-bond donors (Lipinski definition) is 0. The van der Waals surface area contributed by atoms with Gasteiger partial charge in [-0.25, -0.2) is 0 Å². The fraction of sp³-hybridized carbons (Fsp3) is 0.300. The van der Waals surface area contributed by atoms with E-state index >= 15 is 0 Å². The highest BCUT2D eigenvalue weighted by molar-refractivity contribution is 5.84. The lowest BCUT2D eigenvalue weighted by molar-refractivity contribution is 0.578. The molecule has 2 aromatic rings. The molecule has 3 heteroatoms. The van der Waals surface area contributed by atoms with Gasteiger partial charge < -0.3 is 4.90 Å². The Morgan fingerprint density at radius 2 is 1.74 bits per heavy atom. The average molecular weight is 304 g/mol. The Balaban J connectivity index is 1.80. The molecule has 0 radical (unpaired) electrons. The Hall–Kier alpha value is -2.60. The van der Waals surface area contributed by atoms with E-state index in [0.29, 0.717) is 0 Å². The lowest BCUT2D eigenvalue weighted by Gasteiger charge is -2.29. The third-order valence-corrected chi connectivity index (χ3v) is 4.08. The molecule has 23 heavy (non-hydrogen) atoms. The molecule has 116 valence electrons. The second kappa shape index (κ2) is 7.60. The quantitative estimate of drug-likeness (QED) is 0.750. The molecule has 3 rings (SSSR count). The zero-order chi connectivity index (χ0) is 15.9. The summed E-state index contributed by atoms with van der Waals surface area (Å²) in [5, 5.41) is 0. The molecule has 0 aromatic heterocycles. The summed E-state index contributed by atoms with van der Waals surface area (Å²) in [6.07, 6.45) is 5.81. The van der Waals surface area contributed by atoms with Crippen molar-refractivity contribution in [1.29, 1.82) is 0 Å². The van der Waals surface area contributed by atoms with Gasteiger partial charge in [0.15, 0.2) is 0 Å².